The van der Waals surface area contributed by atoms with Crippen molar-refractivity contribution in [3.63, 3.8) is 0 Å². The lowest BCUT2D eigenvalue weighted by Gasteiger charge is -2.12. The predicted molar refractivity (Wildman–Crippen MR) is 63.2 cm³/mol. The van der Waals surface area contributed by atoms with Gasteiger partial charge in [-0.1, -0.05) is 38.3 Å². The number of aliphatic hydroxyl groups is 1. The molecule has 0 aliphatic rings. The maximum absolute atomic E-state index is 13.6. The van der Waals surface area contributed by atoms with Gasteiger partial charge in [0.25, 0.3) is 0 Å². The maximum Gasteiger partial charge on any atom is 0.143 e. The summed E-state index contributed by atoms with van der Waals surface area (Å²) in [6.45, 7) is 2.10. The van der Waals surface area contributed by atoms with E-state index in [1.54, 1.807) is 18.2 Å². The average Bonchev–Trinajstić information content (AvgIpc) is 2.22. The number of aliphatic hydroxyl groups excluding tert-OH is 1. The summed E-state index contributed by atoms with van der Waals surface area (Å²) in [5.74, 6) is -0.346. The lowest BCUT2D eigenvalue weighted by Crippen LogP contribution is -2.01. The summed E-state index contributed by atoms with van der Waals surface area (Å²) in [4.78, 5) is 0. The summed E-state index contributed by atoms with van der Waals surface area (Å²) in [7, 11) is 0. The van der Waals surface area contributed by atoms with E-state index in [0.717, 1.165) is 19.3 Å². The number of benzene rings is 1. The van der Waals surface area contributed by atoms with Crippen molar-refractivity contribution in [1.82, 2.24) is 0 Å². The van der Waals surface area contributed by atoms with Crippen LogP contribution in [0.2, 0.25) is 0 Å². The molecule has 0 saturated carbocycles. The van der Waals surface area contributed by atoms with Gasteiger partial charge in [-0.2, -0.15) is 0 Å². The van der Waals surface area contributed by atoms with Gasteiger partial charge >= 0.3 is 0 Å². The van der Waals surface area contributed by atoms with Crippen molar-refractivity contribution < 1.29 is 9.50 Å². The normalized spacial score (nSPS) is 12.8. The van der Waals surface area contributed by atoms with Crippen LogP contribution in [0.4, 0.5) is 4.39 Å². The van der Waals surface area contributed by atoms with E-state index in [2.05, 4.69) is 22.9 Å². The Kier molecular flexibility index (Phi) is 5.26. The average molecular weight is 275 g/mol. The van der Waals surface area contributed by atoms with E-state index in [0.29, 0.717) is 16.5 Å². The van der Waals surface area contributed by atoms with Crippen LogP contribution in [0.3, 0.4) is 0 Å². The van der Waals surface area contributed by atoms with Crippen LogP contribution >= 0.6 is 15.9 Å². The summed E-state index contributed by atoms with van der Waals surface area (Å²) >= 11 is 3.11. The number of hydrogen-bond donors (Lipinski definition) is 1. The van der Waals surface area contributed by atoms with Crippen molar-refractivity contribution in [3.05, 3.63) is 34.1 Å². The number of halogens is 2. The van der Waals surface area contributed by atoms with Crippen molar-refractivity contribution in [2.24, 2.45) is 0 Å². The van der Waals surface area contributed by atoms with Crippen molar-refractivity contribution >= 4 is 15.9 Å². The van der Waals surface area contributed by atoms with Crippen LogP contribution in [0, 0.1) is 5.82 Å². The lowest BCUT2D eigenvalue weighted by molar-refractivity contribution is 0.159. The smallest absolute Gasteiger partial charge is 0.143 e. The quantitative estimate of drug-likeness (QED) is 0.798. The van der Waals surface area contributed by atoms with Gasteiger partial charge < -0.3 is 5.11 Å². The van der Waals surface area contributed by atoms with Crippen LogP contribution in [-0.2, 0) is 0 Å². The van der Waals surface area contributed by atoms with Crippen molar-refractivity contribution in [2.45, 2.75) is 38.7 Å². The Morgan fingerprint density at radius 3 is 2.80 bits per heavy atom. The molecule has 0 amide bonds. The minimum absolute atomic E-state index is 0.346. The van der Waals surface area contributed by atoms with Crippen LogP contribution in [0.15, 0.2) is 22.7 Å². The standard InChI is InChI=1S/C12H16BrFO/c1-2-3-4-8-11(15)9-6-5-7-10(13)12(9)14/h5-7,11,15H,2-4,8H2,1H3. The third-order valence-electron chi connectivity index (χ3n) is 2.42. The second-order valence-corrected chi connectivity index (χ2v) is 4.51. The highest BCUT2D eigenvalue weighted by molar-refractivity contribution is 9.10. The molecule has 0 aliphatic carbocycles. The Morgan fingerprint density at radius 2 is 2.13 bits per heavy atom. The van der Waals surface area contributed by atoms with E-state index in [1.807, 2.05) is 0 Å². The first kappa shape index (κ1) is 12.7. The zero-order valence-corrected chi connectivity index (χ0v) is 10.4. The molecule has 15 heavy (non-hydrogen) atoms. The molecule has 1 aromatic carbocycles. The van der Waals surface area contributed by atoms with Gasteiger partial charge in [-0.3, -0.25) is 0 Å². The second-order valence-electron chi connectivity index (χ2n) is 3.65. The van der Waals surface area contributed by atoms with Crippen LogP contribution in [0.25, 0.3) is 0 Å². The molecule has 84 valence electrons. The Hall–Kier alpha value is -0.410. The van der Waals surface area contributed by atoms with E-state index in [4.69, 9.17) is 0 Å². The summed E-state index contributed by atoms with van der Waals surface area (Å²) in [6, 6.07) is 5.01. The first-order chi connectivity index (χ1) is 7.16. The first-order valence-corrected chi connectivity index (χ1v) is 6.08. The van der Waals surface area contributed by atoms with Crippen LogP contribution in [0.5, 0.6) is 0 Å². The molecule has 1 aromatic rings. The maximum atomic E-state index is 13.6. The first-order valence-electron chi connectivity index (χ1n) is 5.28. The molecule has 0 saturated heterocycles. The van der Waals surface area contributed by atoms with Gasteiger partial charge in [0.2, 0.25) is 0 Å². The van der Waals surface area contributed by atoms with E-state index >= 15 is 0 Å². The van der Waals surface area contributed by atoms with Crippen LogP contribution < -0.4 is 0 Å². The minimum atomic E-state index is -0.686. The van der Waals surface area contributed by atoms with Gasteiger partial charge in [0, 0.05) is 5.56 Å². The van der Waals surface area contributed by atoms with E-state index in [9.17, 15) is 9.50 Å². The summed E-state index contributed by atoms with van der Waals surface area (Å²) in [5.41, 5.74) is 0.389. The molecule has 1 atom stereocenters. The molecule has 1 unspecified atom stereocenters. The predicted octanol–water partition coefficient (Wildman–Crippen LogP) is 4.20. The van der Waals surface area contributed by atoms with Crippen LogP contribution in [-0.4, -0.2) is 5.11 Å². The molecule has 0 heterocycles. The molecule has 3 heteroatoms. The van der Waals surface area contributed by atoms with E-state index < -0.39 is 6.10 Å². The zero-order valence-electron chi connectivity index (χ0n) is 8.84. The monoisotopic (exact) mass is 274 g/mol. The molecule has 0 fully saturated rings. The largest absolute Gasteiger partial charge is 0.388 e. The van der Waals surface area contributed by atoms with Crippen molar-refractivity contribution in [2.75, 3.05) is 0 Å². The highest BCUT2D eigenvalue weighted by atomic mass is 79.9. The Labute approximate surface area is 98.4 Å². The molecular formula is C12H16BrFO. The Bertz CT molecular complexity index is 314. The van der Waals surface area contributed by atoms with Crippen molar-refractivity contribution in [3.8, 4) is 0 Å². The van der Waals surface area contributed by atoms with Gasteiger partial charge in [-0.25, -0.2) is 4.39 Å². The highest BCUT2D eigenvalue weighted by Gasteiger charge is 2.13. The summed E-state index contributed by atoms with van der Waals surface area (Å²) in [6.07, 6.45) is 3.06. The summed E-state index contributed by atoms with van der Waals surface area (Å²) < 4.78 is 14.0. The molecule has 1 rings (SSSR count). The molecular weight excluding hydrogens is 259 g/mol. The van der Waals surface area contributed by atoms with Gasteiger partial charge in [-0.15, -0.1) is 0 Å². The molecule has 1 nitrogen and oxygen atoms in total. The topological polar surface area (TPSA) is 20.2 Å². The molecule has 0 spiro atoms. The van der Waals surface area contributed by atoms with Gasteiger partial charge in [0.15, 0.2) is 0 Å². The lowest BCUT2D eigenvalue weighted by atomic mass is 10.0. The second kappa shape index (κ2) is 6.23. The third-order valence-corrected chi connectivity index (χ3v) is 3.03. The Balaban J connectivity index is 2.65. The molecule has 0 aromatic heterocycles. The van der Waals surface area contributed by atoms with Gasteiger partial charge in [0.05, 0.1) is 10.6 Å². The fourth-order valence-corrected chi connectivity index (χ4v) is 1.90. The van der Waals surface area contributed by atoms with Crippen LogP contribution in [0.1, 0.15) is 44.3 Å². The SMILES string of the molecule is CCCCCC(O)c1cccc(Br)c1F. The van der Waals surface area contributed by atoms with E-state index in [-0.39, 0.29) is 5.82 Å². The minimum Gasteiger partial charge on any atom is -0.388 e. The molecule has 1 N–H and O–H groups in total. The number of unbranched alkanes of at least 4 members (excludes halogenated alkanes) is 2. The highest BCUT2D eigenvalue weighted by Crippen LogP contribution is 2.26. The molecule has 0 bridgehead atoms. The van der Waals surface area contributed by atoms with Gasteiger partial charge in [0.1, 0.15) is 5.82 Å². The van der Waals surface area contributed by atoms with E-state index in [1.165, 1.54) is 0 Å². The third kappa shape index (κ3) is 3.58. The van der Waals surface area contributed by atoms with Crippen molar-refractivity contribution in [1.29, 1.82) is 0 Å². The van der Waals surface area contributed by atoms with Gasteiger partial charge in [-0.05, 0) is 28.4 Å². The number of rotatable bonds is 5. The fourth-order valence-electron chi connectivity index (χ4n) is 1.52. The zero-order chi connectivity index (χ0) is 11.3. The number of hydrogen-bond acceptors (Lipinski definition) is 1. The molecule has 0 aliphatic heterocycles. The molecule has 0 radical (unpaired) electrons. The summed E-state index contributed by atoms with van der Waals surface area (Å²) in [5, 5.41) is 9.79. The Morgan fingerprint density at radius 1 is 1.40 bits per heavy atom. The fraction of sp³-hybridized carbons (Fsp3) is 0.500.